The fraction of sp³-hybridized carbons (Fsp3) is 0.926. The number of hydrogen-bond acceptors (Lipinski definition) is 4. The van der Waals surface area contributed by atoms with Gasteiger partial charge in [-0.05, 0) is 104 Å². The van der Waals surface area contributed by atoms with Crippen molar-refractivity contribution in [3.05, 3.63) is 0 Å². The third kappa shape index (κ3) is 4.70. The quantitative estimate of drug-likeness (QED) is 0.406. The highest BCUT2D eigenvalue weighted by molar-refractivity contribution is 6.18. The van der Waals surface area contributed by atoms with Crippen molar-refractivity contribution >= 4 is 23.7 Å². The Morgan fingerprint density at radius 1 is 1.09 bits per heavy atom. The maximum absolute atomic E-state index is 12.1. The SMILES string of the molecule is C[C@H](CCC(=O)O)[C@H]1CC[C@H]2[C@@H]3[C@@H](O)CC4C[C@@H](OC(=O)NCCCl)CC[C@]4(C)[C@H]3CC[C@]12C. The molecule has 4 saturated carbocycles. The first-order chi connectivity index (χ1) is 16.1. The van der Waals surface area contributed by atoms with Crippen molar-refractivity contribution in [2.45, 2.75) is 97.2 Å². The van der Waals surface area contributed by atoms with E-state index < -0.39 is 5.97 Å². The average molecular weight is 498 g/mol. The van der Waals surface area contributed by atoms with E-state index in [1.165, 1.54) is 6.42 Å². The first-order valence-corrected chi connectivity index (χ1v) is 14.0. The van der Waals surface area contributed by atoms with Gasteiger partial charge in [-0.3, -0.25) is 4.79 Å². The van der Waals surface area contributed by atoms with E-state index in [0.717, 1.165) is 51.4 Å². The van der Waals surface area contributed by atoms with Crippen LogP contribution in [0.2, 0.25) is 0 Å². The molecule has 1 unspecified atom stereocenters. The minimum atomic E-state index is -0.701. The Morgan fingerprint density at radius 3 is 2.50 bits per heavy atom. The lowest BCUT2D eigenvalue weighted by atomic mass is 9.43. The Kier molecular flexibility index (Phi) is 7.79. The molecule has 3 N–H and O–H groups in total. The second kappa shape index (κ2) is 10.2. The van der Waals surface area contributed by atoms with E-state index in [0.29, 0.717) is 47.9 Å². The predicted molar refractivity (Wildman–Crippen MR) is 132 cm³/mol. The molecule has 0 heterocycles. The highest BCUT2D eigenvalue weighted by Crippen LogP contribution is 2.68. The molecule has 4 fully saturated rings. The maximum atomic E-state index is 12.1. The molecular weight excluding hydrogens is 454 g/mol. The first-order valence-electron chi connectivity index (χ1n) is 13.5. The highest BCUT2D eigenvalue weighted by atomic mass is 35.5. The third-order valence-corrected chi connectivity index (χ3v) is 11.0. The summed E-state index contributed by atoms with van der Waals surface area (Å²) < 4.78 is 5.69. The molecule has 4 rings (SSSR count). The summed E-state index contributed by atoms with van der Waals surface area (Å²) in [5.74, 6) is 2.36. The minimum absolute atomic E-state index is 0.0862. The first kappa shape index (κ1) is 26.1. The number of carboxylic acid groups (broad SMARTS) is 1. The van der Waals surface area contributed by atoms with Crippen LogP contribution < -0.4 is 5.32 Å². The van der Waals surface area contributed by atoms with E-state index in [-0.39, 0.29) is 35.6 Å². The summed E-state index contributed by atoms with van der Waals surface area (Å²) >= 11 is 5.66. The standard InChI is InChI=1S/C27H44ClNO5/c1-16(4-7-23(31)32)19-5-6-20-24-21(9-11-27(19,20)3)26(2)10-8-18(14-17(26)15-22(24)30)34-25(33)29-13-12-28/h16-22,24,30H,4-15H2,1-3H3,(H,29,33)(H,31,32)/t16-,17?,18+,19-,20+,21+,22+,24+,26+,27-/m1/s1. The molecule has 10 atom stereocenters. The number of ether oxygens (including phenoxy) is 1. The summed E-state index contributed by atoms with van der Waals surface area (Å²) in [7, 11) is 0. The number of alkyl halides is 1. The topological polar surface area (TPSA) is 95.9 Å². The molecule has 194 valence electrons. The lowest BCUT2D eigenvalue weighted by Gasteiger charge is -2.62. The summed E-state index contributed by atoms with van der Waals surface area (Å²) in [5, 5.41) is 23.4. The lowest BCUT2D eigenvalue weighted by Crippen LogP contribution is -2.59. The van der Waals surface area contributed by atoms with E-state index in [1.807, 2.05) is 0 Å². The van der Waals surface area contributed by atoms with E-state index in [9.17, 15) is 14.7 Å². The van der Waals surface area contributed by atoms with Crippen molar-refractivity contribution in [1.29, 1.82) is 0 Å². The van der Waals surface area contributed by atoms with Gasteiger partial charge in [0, 0.05) is 18.8 Å². The number of amides is 1. The van der Waals surface area contributed by atoms with Gasteiger partial charge in [0.1, 0.15) is 6.10 Å². The zero-order chi connectivity index (χ0) is 24.7. The van der Waals surface area contributed by atoms with Crippen molar-refractivity contribution < 1.29 is 24.5 Å². The van der Waals surface area contributed by atoms with Crippen LogP contribution in [0.15, 0.2) is 0 Å². The van der Waals surface area contributed by atoms with Crippen LogP contribution >= 0.6 is 11.6 Å². The zero-order valence-electron chi connectivity index (χ0n) is 21.1. The van der Waals surface area contributed by atoms with Crippen LogP contribution in [0.4, 0.5) is 4.79 Å². The number of hydrogen-bond donors (Lipinski definition) is 3. The molecule has 0 bridgehead atoms. The van der Waals surface area contributed by atoms with Crippen LogP contribution in [0.3, 0.4) is 0 Å². The number of alkyl carbamates (subject to hydrolysis) is 1. The summed E-state index contributed by atoms with van der Waals surface area (Å²) in [6.45, 7) is 7.53. The molecule has 0 aromatic rings. The van der Waals surface area contributed by atoms with E-state index in [1.54, 1.807) is 0 Å². The largest absolute Gasteiger partial charge is 0.481 e. The van der Waals surface area contributed by atoms with Crippen LogP contribution in [0.5, 0.6) is 0 Å². The van der Waals surface area contributed by atoms with Crippen LogP contribution in [0.25, 0.3) is 0 Å². The molecule has 4 aliphatic rings. The number of carbonyl (C=O) groups is 2. The van der Waals surface area contributed by atoms with Gasteiger partial charge in [0.2, 0.25) is 0 Å². The van der Waals surface area contributed by atoms with Crippen LogP contribution in [0, 0.1) is 46.3 Å². The summed E-state index contributed by atoms with van der Waals surface area (Å²) in [6, 6.07) is 0. The smallest absolute Gasteiger partial charge is 0.407 e. The van der Waals surface area contributed by atoms with Gasteiger partial charge in [0.25, 0.3) is 0 Å². The molecule has 0 saturated heterocycles. The lowest BCUT2D eigenvalue weighted by molar-refractivity contribution is -0.174. The van der Waals surface area contributed by atoms with Gasteiger partial charge in [-0.15, -0.1) is 11.6 Å². The number of aliphatic hydroxyl groups is 1. The second-order valence-corrected chi connectivity index (χ2v) is 12.7. The van der Waals surface area contributed by atoms with E-state index in [2.05, 4.69) is 26.1 Å². The van der Waals surface area contributed by atoms with Gasteiger partial charge in [-0.1, -0.05) is 20.8 Å². The summed E-state index contributed by atoms with van der Waals surface area (Å²) in [5.41, 5.74) is 0.384. The second-order valence-electron chi connectivity index (χ2n) is 12.4. The molecule has 0 radical (unpaired) electrons. The van der Waals surface area contributed by atoms with E-state index >= 15 is 0 Å². The Bertz CT molecular complexity index is 763. The Hall–Kier alpha value is -1.01. The molecule has 7 heteroatoms. The number of nitrogens with one attached hydrogen (secondary N) is 1. The Morgan fingerprint density at radius 2 is 1.79 bits per heavy atom. The molecule has 0 aromatic carbocycles. The third-order valence-electron chi connectivity index (χ3n) is 10.8. The zero-order valence-corrected chi connectivity index (χ0v) is 21.9. The predicted octanol–water partition coefficient (Wildman–Crippen LogP) is 5.45. The van der Waals surface area contributed by atoms with Gasteiger partial charge >= 0.3 is 12.1 Å². The monoisotopic (exact) mass is 497 g/mol. The summed E-state index contributed by atoms with van der Waals surface area (Å²) in [6.07, 6.45) is 8.43. The maximum Gasteiger partial charge on any atom is 0.407 e. The number of halogens is 1. The van der Waals surface area contributed by atoms with Gasteiger partial charge in [-0.2, -0.15) is 0 Å². The van der Waals surface area contributed by atoms with Gasteiger partial charge in [-0.25, -0.2) is 4.79 Å². The van der Waals surface area contributed by atoms with Gasteiger partial charge in [0.15, 0.2) is 0 Å². The van der Waals surface area contributed by atoms with Gasteiger partial charge < -0.3 is 20.3 Å². The fourth-order valence-electron chi connectivity index (χ4n) is 9.16. The van der Waals surface area contributed by atoms with Gasteiger partial charge in [0.05, 0.1) is 6.10 Å². The van der Waals surface area contributed by atoms with Crippen LogP contribution in [-0.2, 0) is 9.53 Å². The number of rotatable bonds is 7. The van der Waals surface area contributed by atoms with Crippen LogP contribution in [0.1, 0.15) is 85.0 Å². The molecule has 0 aromatic heterocycles. The van der Waals surface area contributed by atoms with Crippen molar-refractivity contribution in [2.75, 3.05) is 12.4 Å². The number of aliphatic carboxylic acids is 1. The van der Waals surface area contributed by atoms with Crippen molar-refractivity contribution in [1.82, 2.24) is 5.32 Å². The molecule has 1 amide bonds. The number of aliphatic hydroxyl groups excluding tert-OH is 1. The fourth-order valence-corrected chi connectivity index (χ4v) is 9.25. The molecule has 34 heavy (non-hydrogen) atoms. The Labute approximate surface area is 209 Å². The average Bonchev–Trinajstić information content (AvgIpc) is 3.14. The molecular formula is C27H44ClNO5. The van der Waals surface area contributed by atoms with Crippen LogP contribution in [-0.4, -0.2) is 46.9 Å². The Balaban J connectivity index is 1.45. The molecule has 4 aliphatic carbocycles. The number of fused-ring (bicyclic) bond motifs is 5. The number of carbonyl (C=O) groups excluding carboxylic acids is 1. The summed E-state index contributed by atoms with van der Waals surface area (Å²) in [4.78, 5) is 23.2. The normalized spacial score (nSPS) is 44.3. The molecule has 6 nitrogen and oxygen atoms in total. The van der Waals surface area contributed by atoms with Crippen molar-refractivity contribution in [3.8, 4) is 0 Å². The number of carboxylic acids is 1. The van der Waals surface area contributed by atoms with Crippen molar-refractivity contribution in [2.24, 2.45) is 46.3 Å². The molecule has 0 aliphatic heterocycles. The van der Waals surface area contributed by atoms with E-state index in [4.69, 9.17) is 21.4 Å². The molecule has 0 spiro atoms. The minimum Gasteiger partial charge on any atom is -0.481 e. The highest BCUT2D eigenvalue weighted by Gasteiger charge is 2.63. The van der Waals surface area contributed by atoms with Crippen molar-refractivity contribution in [3.63, 3.8) is 0 Å².